The van der Waals surface area contributed by atoms with Crippen LogP contribution in [0.15, 0.2) is 34.8 Å². The van der Waals surface area contributed by atoms with Gasteiger partial charge in [-0.15, -0.1) is 0 Å². The van der Waals surface area contributed by atoms with Gasteiger partial charge in [0.05, 0.1) is 18.2 Å². The van der Waals surface area contributed by atoms with Gasteiger partial charge in [0.2, 0.25) is 0 Å². The molecule has 0 fully saturated rings. The molecule has 2 rings (SSSR count). The number of rotatable bonds is 3. The van der Waals surface area contributed by atoms with Gasteiger partial charge in [0, 0.05) is 20.6 Å². The van der Waals surface area contributed by atoms with Crippen LogP contribution in [0.2, 0.25) is 15.1 Å². The summed E-state index contributed by atoms with van der Waals surface area (Å²) in [4.78, 5) is 0. The van der Waals surface area contributed by atoms with E-state index in [1.807, 2.05) is 12.1 Å². The predicted molar refractivity (Wildman–Crippen MR) is 88.2 cm³/mol. The minimum Gasteiger partial charge on any atom is -0.495 e. The van der Waals surface area contributed by atoms with Crippen LogP contribution in [-0.4, -0.2) is 7.11 Å². The average molecular weight is 396 g/mol. The zero-order valence-electron chi connectivity index (χ0n) is 10.5. The summed E-state index contributed by atoms with van der Waals surface area (Å²) in [7, 11) is 1.53. The molecule has 0 amide bonds. The van der Waals surface area contributed by atoms with Gasteiger partial charge in [0.15, 0.2) is 0 Å². The van der Waals surface area contributed by atoms with E-state index < -0.39 is 6.04 Å². The minimum atomic E-state index is -0.476. The molecule has 0 bridgehead atoms. The molecule has 2 aromatic carbocycles. The average Bonchev–Trinajstić information content (AvgIpc) is 2.42. The summed E-state index contributed by atoms with van der Waals surface area (Å²) >= 11 is 22.0. The van der Waals surface area contributed by atoms with E-state index in [2.05, 4.69) is 15.9 Å². The third-order valence-electron chi connectivity index (χ3n) is 2.90. The van der Waals surface area contributed by atoms with E-state index in [0.717, 1.165) is 10.0 Å². The van der Waals surface area contributed by atoms with Gasteiger partial charge in [-0.25, -0.2) is 0 Å². The number of ether oxygens (including phenoxy) is 1. The molecule has 2 nitrogen and oxygen atoms in total. The van der Waals surface area contributed by atoms with Gasteiger partial charge >= 0.3 is 0 Å². The van der Waals surface area contributed by atoms with Crippen molar-refractivity contribution in [1.82, 2.24) is 0 Å². The quantitative estimate of drug-likeness (QED) is 0.748. The maximum Gasteiger partial charge on any atom is 0.138 e. The Kier molecular flexibility index (Phi) is 5.21. The fraction of sp³-hybridized carbons (Fsp3) is 0.143. The second-order valence-electron chi connectivity index (χ2n) is 4.15. The van der Waals surface area contributed by atoms with Crippen molar-refractivity contribution in [3.63, 3.8) is 0 Å². The van der Waals surface area contributed by atoms with Crippen LogP contribution in [0.1, 0.15) is 17.2 Å². The molecule has 0 radical (unpaired) electrons. The van der Waals surface area contributed by atoms with Crippen LogP contribution in [0.3, 0.4) is 0 Å². The van der Waals surface area contributed by atoms with Gasteiger partial charge in [-0.1, -0.05) is 50.7 Å². The minimum absolute atomic E-state index is 0.452. The Hall–Kier alpha value is -0.450. The normalized spacial score (nSPS) is 12.3. The van der Waals surface area contributed by atoms with Gasteiger partial charge in [-0.2, -0.15) is 0 Å². The molecule has 0 aromatic heterocycles. The number of benzene rings is 2. The Balaban J connectivity index is 2.50. The molecule has 0 aliphatic carbocycles. The maximum absolute atomic E-state index is 6.26. The molecule has 20 heavy (non-hydrogen) atoms. The van der Waals surface area contributed by atoms with Crippen molar-refractivity contribution in [3.05, 3.63) is 61.0 Å². The molecular weight excluding hydrogens is 384 g/mol. The summed E-state index contributed by atoms with van der Waals surface area (Å²) in [6.07, 6.45) is 0. The molecule has 106 valence electrons. The van der Waals surface area contributed by atoms with Crippen molar-refractivity contribution in [1.29, 1.82) is 0 Å². The second kappa shape index (κ2) is 6.54. The van der Waals surface area contributed by atoms with E-state index in [9.17, 15) is 0 Å². The Morgan fingerprint density at radius 1 is 1.00 bits per heavy atom. The molecule has 1 unspecified atom stereocenters. The molecule has 0 heterocycles. The monoisotopic (exact) mass is 393 g/mol. The van der Waals surface area contributed by atoms with E-state index in [1.54, 1.807) is 18.2 Å². The number of nitrogens with two attached hydrogens (primary N) is 1. The Bertz CT molecular complexity index is 649. The van der Waals surface area contributed by atoms with Crippen molar-refractivity contribution in [2.24, 2.45) is 5.73 Å². The summed E-state index contributed by atoms with van der Waals surface area (Å²) in [6, 6.07) is 8.36. The predicted octanol–water partition coefficient (Wildman–Crippen LogP) is 5.47. The molecule has 6 heteroatoms. The van der Waals surface area contributed by atoms with Crippen molar-refractivity contribution >= 4 is 50.7 Å². The summed E-state index contributed by atoms with van der Waals surface area (Å²) in [5, 5.41) is 1.51. The molecule has 0 saturated carbocycles. The SMILES string of the molecule is COc1cc(Cl)c(C(N)c2cc(Br)ccc2Cl)cc1Cl. The van der Waals surface area contributed by atoms with Crippen LogP contribution < -0.4 is 10.5 Å². The lowest BCUT2D eigenvalue weighted by atomic mass is 9.99. The molecule has 0 spiro atoms. The van der Waals surface area contributed by atoms with Crippen molar-refractivity contribution in [2.75, 3.05) is 7.11 Å². The van der Waals surface area contributed by atoms with E-state index in [-0.39, 0.29) is 0 Å². The number of hydrogen-bond acceptors (Lipinski definition) is 2. The third-order valence-corrected chi connectivity index (χ3v) is 4.36. The highest BCUT2D eigenvalue weighted by atomic mass is 79.9. The Morgan fingerprint density at radius 2 is 1.65 bits per heavy atom. The first-order chi connectivity index (χ1) is 9.43. The molecular formula is C14H11BrCl3NO. The summed E-state index contributed by atoms with van der Waals surface area (Å²) in [6.45, 7) is 0. The van der Waals surface area contributed by atoms with Crippen LogP contribution in [0.5, 0.6) is 5.75 Å². The molecule has 1 atom stereocenters. The van der Waals surface area contributed by atoms with E-state index >= 15 is 0 Å². The lowest BCUT2D eigenvalue weighted by molar-refractivity contribution is 0.415. The van der Waals surface area contributed by atoms with E-state index in [4.69, 9.17) is 45.3 Å². The number of halogens is 4. The first-order valence-electron chi connectivity index (χ1n) is 5.67. The highest BCUT2D eigenvalue weighted by molar-refractivity contribution is 9.10. The molecule has 0 saturated heterocycles. The van der Waals surface area contributed by atoms with Crippen LogP contribution in [0, 0.1) is 0 Å². The van der Waals surface area contributed by atoms with Crippen LogP contribution in [0.4, 0.5) is 0 Å². The fourth-order valence-corrected chi connectivity index (χ4v) is 2.99. The lowest BCUT2D eigenvalue weighted by Gasteiger charge is -2.17. The standard InChI is InChI=1S/C14H11BrCl3NO/c1-20-13-6-11(17)9(5-12(13)18)14(19)8-4-7(15)2-3-10(8)16/h2-6,14H,19H2,1H3. The van der Waals surface area contributed by atoms with Crippen molar-refractivity contribution < 1.29 is 4.74 Å². The van der Waals surface area contributed by atoms with E-state index in [0.29, 0.717) is 26.4 Å². The number of hydrogen-bond donors (Lipinski definition) is 1. The van der Waals surface area contributed by atoms with Gasteiger partial charge in [0.1, 0.15) is 5.75 Å². The molecule has 0 aliphatic rings. The van der Waals surface area contributed by atoms with Gasteiger partial charge < -0.3 is 10.5 Å². The summed E-state index contributed by atoms with van der Waals surface area (Å²) in [5.41, 5.74) is 7.72. The summed E-state index contributed by atoms with van der Waals surface area (Å²) in [5.74, 6) is 0.507. The van der Waals surface area contributed by atoms with Crippen molar-refractivity contribution in [3.8, 4) is 5.75 Å². The highest BCUT2D eigenvalue weighted by Gasteiger charge is 2.18. The van der Waals surface area contributed by atoms with Gasteiger partial charge in [-0.3, -0.25) is 0 Å². The van der Waals surface area contributed by atoms with Crippen LogP contribution >= 0.6 is 50.7 Å². The molecule has 0 aliphatic heterocycles. The first-order valence-corrected chi connectivity index (χ1v) is 7.60. The van der Waals surface area contributed by atoms with Crippen molar-refractivity contribution in [2.45, 2.75) is 6.04 Å². The fourth-order valence-electron chi connectivity index (χ4n) is 1.86. The lowest BCUT2D eigenvalue weighted by Crippen LogP contribution is -2.13. The maximum atomic E-state index is 6.26. The largest absolute Gasteiger partial charge is 0.495 e. The third kappa shape index (κ3) is 3.23. The highest BCUT2D eigenvalue weighted by Crippen LogP contribution is 2.37. The Morgan fingerprint density at radius 3 is 2.30 bits per heavy atom. The van der Waals surface area contributed by atoms with Gasteiger partial charge in [-0.05, 0) is 35.4 Å². The second-order valence-corrected chi connectivity index (χ2v) is 6.29. The van der Waals surface area contributed by atoms with E-state index in [1.165, 1.54) is 7.11 Å². The zero-order valence-corrected chi connectivity index (χ0v) is 14.3. The summed E-state index contributed by atoms with van der Waals surface area (Å²) < 4.78 is 6.01. The topological polar surface area (TPSA) is 35.2 Å². The number of methoxy groups -OCH3 is 1. The first kappa shape index (κ1) is 15.9. The van der Waals surface area contributed by atoms with Crippen LogP contribution in [-0.2, 0) is 0 Å². The molecule has 2 aromatic rings. The Labute approximate surface area is 140 Å². The smallest absolute Gasteiger partial charge is 0.138 e. The molecule has 2 N–H and O–H groups in total. The van der Waals surface area contributed by atoms with Gasteiger partial charge in [0.25, 0.3) is 0 Å². The zero-order chi connectivity index (χ0) is 14.9. The van der Waals surface area contributed by atoms with Crippen LogP contribution in [0.25, 0.3) is 0 Å².